The average Bonchev–Trinajstić information content (AvgIpc) is 3.21. The van der Waals surface area contributed by atoms with E-state index in [9.17, 15) is 9.18 Å². The molecule has 1 aromatic rings. The highest BCUT2D eigenvalue weighted by molar-refractivity contribution is 6.02. The maximum absolute atomic E-state index is 13.6. The van der Waals surface area contributed by atoms with Gasteiger partial charge in [0.15, 0.2) is 0 Å². The molecule has 1 saturated heterocycles. The van der Waals surface area contributed by atoms with E-state index in [2.05, 4.69) is 24.1 Å². The van der Waals surface area contributed by atoms with E-state index in [1.165, 1.54) is 12.1 Å². The predicted molar refractivity (Wildman–Crippen MR) is 109 cm³/mol. The van der Waals surface area contributed by atoms with Crippen molar-refractivity contribution in [2.45, 2.75) is 45.6 Å². The van der Waals surface area contributed by atoms with Crippen molar-refractivity contribution in [2.75, 3.05) is 39.4 Å². The Morgan fingerprint density at radius 3 is 2.75 bits per heavy atom. The van der Waals surface area contributed by atoms with E-state index < -0.39 is 5.41 Å². The Hall–Kier alpha value is -1.79. The molecule has 2 aliphatic rings. The lowest BCUT2D eigenvalue weighted by molar-refractivity contribution is -0.132. The molecular weight excluding hydrogens is 357 g/mol. The number of amides is 1. The van der Waals surface area contributed by atoms with Crippen molar-refractivity contribution in [2.24, 2.45) is 10.4 Å². The van der Waals surface area contributed by atoms with E-state index in [4.69, 9.17) is 9.73 Å². The van der Waals surface area contributed by atoms with Crippen LogP contribution >= 0.6 is 0 Å². The number of halogens is 1. The highest BCUT2D eigenvalue weighted by atomic mass is 19.1. The number of carbonyl (C=O) groups excluding carboxylic acids is 1. The van der Waals surface area contributed by atoms with E-state index in [1.54, 1.807) is 6.07 Å². The Bertz CT molecular complexity index is 697. The summed E-state index contributed by atoms with van der Waals surface area (Å²) in [7, 11) is 0. The molecule has 0 unspecified atom stereocenters. The third-order valence-electron chi connectivity index (χ3n) is 6.29. The summed E-state index contributed by atoms with van der Waals surface area (Å²) in [6.45, 7) is 9.01. The monoisotopic (exact) mass is 389 g/mol. The molecule has 2 heterocycles. The van der Waals surface area contributed by atoms with Gasteiger partial charge in [0.25, 0.3) is 0 Å². The number of morpholine rings is 1. The molecule has 0 saturated carbocycles. The number of benzene rings is 1. The zero-order valence-electron chi connectivity index (χ0n) is 17.0. The molecule has 5 nitrogen and oxygen atoms in total. The Morgan fingerprint density at radius 2 is 2.07 bits per heavy atom. The normalized spacial score (nSPS) is 20.8. The van der Waals surface area contributed by atoms with Gasteiger partial charge in [-0.05, 0) is 43.4 Å². The van der Waals surface area contributed by atoms with Crippen molar-refractivity contribution in [3.05, 3.63) is 35.6 Å². The summed E-state index contributed by atoms with van der Waals surface area (Å²) in [5.41, 5.74) is 1.24. The zero-order chi connectivity index (χ0) is 20.0. The van der Waals surface area contributed by atoms with Gasteiger partial charge in [-0.15, -0.1) is 0 Å². The summed E-state index contributed by atoms with van der Waals surface area (Å²) in [6, 6.07) is 6.53. The van der Waals surface area contributed by atoms with Crippen LogP contribution in [0.5, 0.6) is 0 Å². The molecule has 1 aromatic carbocycles. The van der Waals surface area contributed by atoms with E-state index in [1.807, 2.05) is 6.07 Å². The first kappa shape index (κ1) is 20.9. The fraction of sp³-hybridized carbons (Fsp3) is 0.636. The lowest BCUT2D eigenvalue weighted by atomic mass is 9.74. The van der Waals surface area contributed by atoms with Gasteiger partial charge in [-0.25, -0.2) is 4.39 Å². The van der Waals surface area contributed by atoms with Crippen LogP contribution in [-0.2, 0) is 9.53 Å². The molecule has 1 N–H and O–H groups in total. The minimum atomic E-state index is -0.500. The van der Waals surface area contributed by atoms with Crippen LogP contribution in [0, 0.1) is 11.2 Å². The average molecular weight is 390 g/mol. The molecule has 154 valence electrons. The van der Waals surface area contributed by atoms with Crippen LogP contribution < -0.4 is 5.32 Å². The van der Waals surface area contributed by atoms with Crippen LogP contribution in [0.4, 0.5) is 4.39 Å². The second-order valence-electron chi connectivity index (χ2n) is 7.71. The smallest absolute Gasteiger partial charge is 0.228 e. The van der Waals surface area contributed by atoms with Crippen molar-refractivity contribution in [1.82, 2.24) is 10.2 Å². The molecule has 2 aliphatic heterocycles. The fourth-order valence-electron chi connectivity index (χ4n) is 4.40. The van der Waals surface area contributed by atoms with E-state index in [0.717, 1.165) is 69.8 Å². The SMILES string of the molecule is CCC(CC)(C(=O)NCCN1CCOCC1)[C@H]1CCC(c2cccc(F)c2)=N1. The predicted octanol–water partition coefficient (Wildman–Crippen LogP) is 3.03. The third kappa shape index (κ3) is 4.61. The second-order valence-corrected chi connectivity index (χ2v) is 7.71. The lowest BCUT2D eigenvalue weighted by Gasteiger charge is -2.35. The maximum atomic E-state index is 13.6. The van der Waals surface area contributed by atoms with Crippen molar-refractivity contribution in [3.63, 3.8) is 0 Å². The van der Waals surface area contributed by atoms with Gasteiger partial charge in [-0.2, -0.15) is 0 Å². The number of carbonyl (C=O) groups is 1. The third-order valence-corrected chi connectivity index (χ3v) is 6.29. The molecule has 3 rings (SSSR count). The molecule has 0 aliphatic carbocycles. The lowest BCUT2D eigenvalue weighted by Crippen LogP contribution is -2.49. The van der Waals surface area contributed by atoms with Gasteiger partial charge in [0.1, 0.15) is 5.82 Å². The summed E-state index contributed by atoms with van der Waals surface area (Å²) >= 11 is 0. The minimum Gasteiger partial charge on any atom is -0.379 e. The Balaban J connectivity index is 1.66. The summed E-state index contributed by atoms with van der Waals surface area (Å²) in [4.78, 5) is 20.4. The largest absolute Gasteiger partial charge is 0.379 e. The number of nitrogens with zero attached hydrogens (tertiary/aromatic N) is 2. The molecule has 0 bridgehead atoms. The van der Waals surface area contributed by atoms with Crippen LogP contribution in [0.3, 0.4) is 0 Å². The highest BCUT2D eigenvalue weighted by Crippen LogP contribution is 2.39. The second kappa shape index (κ2) is 9.61. The first-order valence-electron chi connectivity index (χ1n) is 10.5. The number of rotatable bonds is 8. The number of aliphatic imine (C=N–C) groups is 1. The molecule has 1 amide bonds. The molecule has 1 atom stereocenters. The van der Waals surface area contributed by atoms with Crippen molar-refractivity contribution < 1.29 is 13.9 Å². The van der Waals surface area contributed by atoms with Gasteiger partial charge in [-0.1, -0.05) is 26.0 Å². The molecule has 0 radical (unpaired) electrons. The van der Waals surface area contributed by atoms with Gasteiger partial charge in [-0.3, -0.25) is 14.7 Å². The van der Waals surface area contributed by atoms with Crippen molar-refractivity contribution >= 4 is 11.6 Å². The number of hydrogen-bond acceptors (Lipinski definition) is 4. The highest BCUT2D eigenvalue weighted by Gasteiger charge is 2.44. The first-order valence-corrected chi connectivity index (χ1v) is 10.5. The van der Waals surface area contributed by atoms with E-state index in [-0.39, 0.29) is 17.8 Å². The fourth-order valence-corrected chi connectivity index (χ4v) is 4.40. The number of nitrogens with one attached hydrogen (secondary N) is 1. The molecule has 28 heavy (non-hydrogen) atoms. The zero-order valence-corrected chi connectivity index (χ0v) is 17.0. The van der Waals surface area contributed by atoms with Crippen LogP contribution in [0.2, 0.25) is 0 Å². The van der Waals surface area contributed by atoms with Crippen LogP contribution in [0.25, 0.3) is 0 Å². The van der Waals surface area contributed by atoms with Crippen LogP contribution in [0.15, 0.2) is 29.3 Å². The Labute approximate surface area is 167 Å². The summed E-state index contributed by atoms with van der Waals surface area (Å²) in [5.74, 6) is -0.151. The molecule has 1 fully saturated rings. The summed E-state index contributed by atoms with van der Waals surface area (Å²) in [5, 5.41) is 3.16. The molecular formula is C22H32FN3O2. The summed E-state index contributed by atoms with van der Waals surface area (Å²) < 4.78 is 18.9. The van der Waals surface area contributed by atoms with Crippen molar-refractivity contribution in [3.8, 4) is 0 Å². The summed E-state index contributed by atoms with van der Waals surface area (Å²) in [6.07, 6.45) is 3.12. The van der Waals surface area contributed by atoms with Gasteiger partial charge >= 0.3 is 0 Å². The van der Waals surface area contributed by atoms with Gasteiger partial charge in [0.2, 0.25) is 5.91 Å². The maximum Gasteiger partial charge on any atom is 0.228 e. The topological polar surface area (TPSA) is 53.9 Å². The molecule has 0 aromatic heterocycles. The van der Waals surface area contributed by atoms with E-state index in [0.29, 0.717) is 6.54 Å². The quantitative estimate of drug-likeness (QED) is 0.744. The van der Waals surface area contributed by atoms with Gasteiger partial charge < -0.3 is 10.1 Å². The van der Waals surface area contributed by atoms with Crippen molar-refractivity contribution in [1.29, 1.82) is 0 Å². The van der Waals surface area contributed by atoms with E-state index >= 15 is 0 Å². The molecule has 6 heteroatoms. The first-order chi connectivity index (χ1) is 13.6. The Morgan fingerprint density at radius 1 is 1.32 bits per heavy atom. The van der Waals surface area contributed by atoms with Crippen LogP contribution in [0.1, 0.15) is 45.1 Å². The minimum absolute atomic E-state index is 0.0517. The molecule has 0 spiro atoms. The van der Waals surface area contributed by atoms with Gasteiger partial charge in [0.05, 0.1) is 24.7 Å². The van der Waals surface area contributed by atoms with Crippen LogP contribution in [-0.4, -0.2) is 62.0 Å². The standard InChI is InChI=1S/C22H32FN3O2/c1-3-22(4-2,21(27)24-10-11-26-12-14-28-15-13-26)20-9-8-19(25-20)17-6-5-7-18(23)16-17/h5-7,16,20H,3-4,8-15H2,1-2H3,(H,24,27)/t20-/m1/s1. The number of hydrogen-bond donors (Lipinski definition) is 1. The Kier molecular flexibility index (Phi) is 7.18. The number of ether oxygens (including phenoxy) is 1. The van der Waals surface area contributed by atoms with Gasteiger partial charge in [0, 0.05) is 31.9 Å².